The molecule has 15 nitrogen and oxygen atoms in total. The summed E-state index contributed by atoms with van der Waals surface area (Å²) in [4.78, 5) is 61.6. The summed E-state index contributed by atoms with van der Waals surface area (Å²) in [6, 6.07) is 11.4. The van der Waals surface area contributed by atoms with Crippen LogP contribution in [0.15, 0.2) is 48.5 Å². The van der Waals surface area contributed by atoms with Gasteiger partial charge in [-0.05, 0) is 61.1 Å². The molecule has 0 spiro atoms. The monoisotopic (exact) mass is 802 g/mol. The number of urea groups is 1. The van der Waals surface area contributed by atoms with Gasteiger partial charge in [0.25, 0.3) is 5.91 Å². The number of halogens is 3. The number of anilines is 3. The quantitative estimate of drug-likeness (QED) is 0.326. The second-order valence-corrected chi connectivity index (χ2v) is 16.1. The van der Waals surface area contributed by atoms with E-state index >= 15 is 0 Å². The van der Waals surface area contributed by atoms with Gasteiger partial charge in [0, 0.05) is 95.2 Å². The fourth-order valence-corrected chi connectivity index (χ4v) is 9.45. The van der Waals surface area contributed by atoms with Crippen molar-refractivity contribution in [1.82, 2.24) is 35.1 Å². The van der Waals surface area contributed by atoms with Crippen molar-refractivity contribution >= 4 is 40.9 Å². The first-order valence-corrected chi connectivity index (χ1v) is 19.9. The molecule has 6 aliphatic heterocycles. The molecule has 18 heteroatoms. The van der Waals surface area contributed by atoms with E-state index in [1.54, 1.807) is 29.2 Å². The molecule has 2 aromatic carbocycles. The second kappa shape index (κ2) is 14.9. The second-order valence-electron chi connectivity index (χ2n) is 16.1. The van der Waals surface area contributed by atoms with E-state index in [4.69, 9.17) is 0 Å². The molecule has 7 heterocycles. The van der Waals surface area contributed by atoms with Crippen LogP contribution < -0.4 is 20.4 Å². The van der Waals surface area contributed by atoms with Crippen LogP contribution in [0.4, 0.5) is 35.2 Å². The van der Waals surface area contributed by atoms with Crippen LogP contribution in [0, 0.1) is 5.92 Å². The van der Waals surface area contributed by atoms with Gasteiger partial charge in [0.15, 0.2) is 5.82 Å². The predicted octanol–water partition coefficient (Wildman–Crippen LogP) is 3.11. The number of fused-ring (bicyclic) bond motifs is 4. The molecule has 0 bridgehead atoms. The maximum atomic E-state index is 14.7. The van der Waals surface area contributed by atoms with E-state index in [1.807, 2.05) is 24.3 Å². The number of alkyl halides is 3. The summed E-state index contributed by atoms with van der Waals surface area (Å²) in [5, 5.41) is 24.6. The summed E-state index contributed by atoms with van der Waals surface area (Å²) >= 11 is 0. The predicted molar refractivity (Wildman–Crippen MR) is 206 cm³/mol. The number of nitrogens with one attached hydrogen (secondary N) is 2. The molecular weight excluding hydrogens is 757 g/mol. The highest BCUT2D eigenvalue weighted by Crippen LogP contribution is 2.38. The van der Waals surface area contributed by atoms with Crippen molar-refractivity contribution in [3.05, 3.63) is 59.7 Å². The SMILES string of the molecule is O=C1CCC(N2Cc3ccc(N4CCC(CN5CCN(C(=O)N6CCN7c8cc(-c9ccccc9O)nnc8NC[C@H]7C6)CC5C(F)(F)F)CC4)cc3C2=O)C(=O)N1. The standard InChI is InChI=1S/C40H45F3N10O5/c41-40(42,43)34-23-51(39(58)50-15-16-52-27(22-50)19-44-36-32(52)18-30(46-47-36)28-3-1-2-4-33(28)54)14-13-49(34)20-24-9-11-48(12-10-24)26-6-5-25-21-53(38(57)29(25)17-26)31-7-8-35(55)45-37(31)56/h1-6,17-18,24,27,31,34,54H,7-16,19-23H2,(H,44,47)(H,45,55,56)/t27-,31?,34?/m0/s1. The van der Waals surface area contributed by atoms with Gasteiger partial charge < -0.3 is 34.9 Å². The Balaban J connectivity index is 0.792. The highest BCUT2D eigenvalue weighted by atomic mass is 19.4. The van der Waals surface area contributed by atoms with Gasteiger partial charge in [0.2, 0.25) is 11.8 Å². The summed E-state index contributed by atoms with van der Waals surface area (Å²) in [5.41, 5.74) is 4.07. The lowest BCUT2D eigenvalue weighted by molar-refractivity contribution is -0.196. The minimum atomic E-state index is -4.51. The molecule has 306 valence electrons. The van der Waals surface area contributed by atoms with E-state index in [0.717, 1.165) is 16.9 Å². The number of piperazine rings is 2. The van der Waals surface area contributed by atoms with Gasteiger partial charge in [-0.25, -0.2) is 4.79 Å². The summed E-state index contributed by atoms with van der Waals surface area (Å²) in [5.74, 6) is -0.313. The lowest BCUT2D eigenvalue weighted by Crippen LogP contribution is -2.65. The summed E-state index contributed by atoms with van der Waals surface area (Å²) < 4.78 is 44.0. The molecule has 4 saturated heterocycles. The van der Waals surface area contributed by atoms with E-state index in [0.29, 0.717) is 87.7 Å². The number of aromatic nitrogens is 2. The number of carbonyl (C=O) groups excluding carboxylic acids is 4. The highest BCUT2D eigenvalue weighted by Gasteiger charge is 2.49. The number of para-hydroxylation sites is 1. The van der Waals surface area contributed by atoms with Crippen molar-refractivity contribution in [1.29, 1.82) is 0 Å². The Bertz CT molecular complexity index is 2130. The molecule has 58 heavy (non-hydrogen) atoms. The molecule has 3 aromatic rings. The smallest absolute Gasteiger partial charge is 0.405 e. The number of amides is 5. The first-order valence-electron chi connectivity index (χ1n) is 19.9. The molecular formula is C40H45F3N10O5. The van der Waals surface area contributed by atoms with Gasteiger partial charge in [-0.1, -0.05) is 18.2 Å². The molecule has 3 N–H and O–H groups in total. The van der Waals surface area contributed by atoms with Crippen molar-refractivity contribution in [3.8, 4) is 17.0 Å². The lowest BCUT2D eigenvalue weighted by Gasteiger charge is -2.48. The molecule has 5 amide bonds. The van der Waals surface area contributed by atoms with E-state index < -0.39 is 30.7 Å². The number of rotatable bonds is 5. The van der Waals surface area contributed by atoms with Crippen LogP contribution in [0.25, 0.3) is 11.3 Å². The zero-order valence-corrected chi connectivity index (χ0v) is 31.8. The third kappa shape index (κ3) is 7.11. The minimum absolute atomic E-state index is 0.0354. The molecule has 3 atom stereocenters. The summed E-state index contributed by atoms with van der Waals surface area (Å²) in [6.07, 6.45) is -2.68. The van der Waals surface area contributed by atoms with E-state index in [9.17, 15) is 37.5 Å². The Hall–Kier alpha value is -5.65. The largest absolute Gasteiger partial charge is 0.507 e. The number of carbonyl (C=O) groups is 4. The van der Waals surface area contributed by atoms with Crippen LogP contribution in [0.2, 0.25) is 0 Å². The van der Waals surface area contributed by atoms with Crippen LogP contribution in [0.1, 0.15) is 41.6 Å². The Morgan fingerprint density at radius 2 is 1.64 bits per heavy atom. The molecule has 1 aromatic heterocycles. The number of aromatic hydroxyl groups is 1. The lowest BCUT2D eigenvalue weighted by atomic mass is 9.94. The molecule has 0 radical (unpaired) electrons. The fourth-order valence-electron chi connectivity index (χ4n) is 9.45. The van der Waals surface area contributed by atoms with Gasteiger partial charge >= 0.3 is 12.2 Å². The fraction of sp³-hybridized carbons (Fsp3) is 0.500. The average Bonchev–Trinajstić information content (AvgIpc) is 3.55. The normalized spacial score (nSPS) is 24.3. The first kappa shape index (κ1) is 37.9. The number of benzene rings is 2. The van der Waals surface area contributed by atoms with Crippen LogP contribution in [-0.2, 0) is 16.1 Å². The van der Waals surface area contributed by atoms with Gasteiger partial charge in [-0.15, -0.1) is 10.2 Å². The number of hydrogen-bond acceptors (Lipinski definition) is 11. The van der Waals surface area contributed by atoms with Crippen LogP contribution in [0.5, 0.6) is 5.75 Å². The molecule has 0 aliphatic carbocycles. The number of phenolic OH excluding ortho intramolecular Hbond substituents is 1. The number of nitrogens with zero attached hydrogens (tertiary/aromatic N) is 8. The molecule has 4 fully saturated rings. The van der Waals surface area contributed by atoms with Crippen molar-refractivity contribution in [3.63, 3.8) is 0 Å². The van der Waals surface area contributed by atoms with E-state index in [1.165, 1.54) is 14.7 Å². The Morgan fingerprint density at radius 1 is 0.862 bits per heavy atom. The average molecular weight is 803 g/mol. The van der Waals surface area contributed by atoms with E-state index in [2.05, 4.69) is 30.6 Å². The summed E-state index contributed by atoms with van der Waals surface area (Å²) in [7, 11) is 0. The molecule has 0 saturated carbocycles. The maximum absolute atomic E-state index is 14.7. The first-order chi connectivity index (χ1) is 27.9. The maximum Gasteiger partial charge on any atom is 0.405 e. The number of piperidine rings is 2. The number of phenols is 1. The van der Waals surface area contributed by atoms with Crippen molar-refractivity contribution in [2.75, 3.05) is 80.6 Å². The van der Waals surface area contributed by atoms with Crippen LogP contribution >= 0.6 is 0 Å². The van der Waals surface area contributed by atoms with Crippen molar-refractivity contribution < 1.29 is 37.5 Å². The Kier molecular flexibility index (Phi) is 9.76. The third-order valence-corrected chi connectivity index (χ3v) is 12.6. The number of hydrogen-bond donors (Lipinski definition) is 3. The van der Waals surface area contributed by atoms with Gasteiger partial charge in [-0.3, -0.25) is 24.6 Å². The molecule has 6 aliphatic rings. The minimum Gasteiger partial charge on any atom is -0.507 e. The van der Waals surface area contributed by atoms with Crippen LogP contribution in [0.3, 0.4) is 0 Å². The van der Waals surface area contributed by atoms with E-state index in [-0.39, 0.29) is 61.6 Å². The van der Waals surface area contributed by atoms with Crippen LogP contribution in [-0.4, -0.2) is 148 Å². The topological polar surface area (TPSA) is 158 Å². The van der Waals surface area contributed by atoms with Crippen molar-refractivity contribution in [2.24, 2.45) is 5.92 Å². The van der Waals surface area contributed by atoms with Gasteiger partial charge in [-0.2, -0.15) is 13.2 Å². The van der Waals surface area contributed by atoms with Gasteiger partial charge in [0.1, 0.15) is 17.8 Å². The number of imide groups is 1. The Labute approximate surface area is 332 Å². The molecule has 9 rings (SSSR count). The van der Waals surface area contributed by atoms with Gasteiger partial charge in [0.05, 0.1) is 17.4 Å². The molecule has 2 unspecified atom stereocenters. The summed E-state index contributed by atoms with van der Waals surface area (Å²) in [6.45, 7) is 3.37. The Morgan fingerprint density at radius 3 is 2.41 bits per heavy atom. The zero-order chi connectivity index (χ0) is 40.3. The highest BCUT2D eigenvalue weighted by molar-refractivity contribution is 6.05. The van der Waals surface area contributed by atoms with Crippen molar-refractivity contribution in [2.45, 2.75) is 56.5 Å². The zero-order valence-electron chi connectivity index (χ0n) is 31.8. The third-order valence-electron chi connectivity index (χ3n) is 12.6.